The summed E-state index contributed by atoms with van der Waals surface area (Å²) in [6.45, 7) is 2.08. The van der Waals surface area contributed by atoms with Gasteiger partial charge in [-0.15, -0.1) is 0 Å². The van der Waals surface area contributed by atoms with E-state index in [1.54, 1.807) is 0 Å². The Hall–Kier alpha value is -0.870. The van der Waals surface area contributed by atoms with E-state index < -0.39 is 9.84 Å². The van der Waals surface area contributed by atoms with Crippen LogP contribution in [0.15, 0.2) is 30.3 Å². The maximum Gasteiger partial charge on any atom is 0.151 e. The fraction of sp³-hybridized carbons (Fsp3) is 0.538. The molecule has 1 unspecified atom stereocenters. The van der Waals surface area contributed by atoms with Crippen LogP contribution in [0.5, 0.6) is 0 Å². The third kappa shape index (κ3) is 3.54. The highest BCUT2D eigenvalue weighted by molar-refractivity contribution is 7.91. The number of sulfone groups is 1. The van der Waals surface area contributed by atoms with E-state index in [0.29, 0.717) is 5.75 Å². The Morgan fingerprint density at radius 1 is 1.29 bits per heavy atom. The second kappa shape index (κ2) is 5.19. The molecule has 1 saturated heterocycles. The Balaban J connectivity index is 1.97. The molecule has 0 spiro atoms. The summed E-state index contributed by atoms with van der Waals surface area (Å²) in [5.41, 5.74) is 1.20. The molecule has 0 aromatic heterocycles. The molecule has 1 aliphatic rings. The summed E-state index contributed by atoms with van der Waals surface area (Å²) in [5, 5.41) is 3.41. The molecule has 0 aliphatic carbocycles. The van der Waals surface area contributed by atoms with Crippen molar-refractivity contribution in [2.45, 2.75) is 31.8 Å². The van der Waals surface area contributed by atoms with E-state index >= 15 is 0 Å². The van der Waals surface area contributed by atoms with Crippen molar-refractivity contribution in [2.75, 3.05) is 11.5 Å². The van der Waals surface area contributed by atoms with Gasteiger partial charge in [-0.25, -0.2) is 8.42 Å². The minimum atomic E-state index is -2.82. The zero-order valence-corrected chi connectivity index (χ0v) is 10.9. The molecule has 94 valence electrons. The first kappa shape index (κ1) is 12.6. The van der Waals surface area contributed by atoms with Crippen molar-refractivity contribution in [2.24, 2.45) is 0 Å². The van der Waals surface area contributed by atoms with Gasteiger partial charge >= 0.3 is 0 Å². The fourth-order valence-electron chi connectivity index (χ4n) is 2.35. The predicted molar refractivity (Wildman–Crippen MR) is 69.7 cm³/mol. The molecule has 1 aromatic carbocycles. The van der Waals surface area contributed by atoms with Crippen LogP contribution in [0.2, 0.25) is 0 Å². The molecule has 1 aliphatic heterocycles. The Kier molecular flexibility index (Phi) is 3.84. The largest absolute Gasteiger partial charge is 0.306 e. The maximum absolute atomic E-state index is 11.5. The highest BCUT2D eigenvalue weighted by Crippen LogP contribution is 2.17. The fourth-order valence-corrected chi connectivity index (χ4v) is 3.99. The van der Waals surface area contributed by atoms with Crippen molar-refractivity contribution >= 4 is 9.84 Å². The third-order valence-electron chi connectivity index (χ3n) is 3.25. The smallest absolute Gasteiger partial charge is 0.151 e. The van der Waals surface area contributed by atoms with E-state index in [2.05, 4.69) is 24.4 Å². The first-order valence-corrected chi connectivity index (χ1v) is 7.90. The van der Waals surface area contributed by atoms with Crippen LogP contribution in [-0.4, -0.2) is 26.0 Å². The first-order valence-electron chi connectivity index (χ1n) is 6.08. The van der Waals surface area contributed by atoms with Crippen molar-refractivity contribution in [3.8, 4) is 0 Å². The quantitative estimate of drug-likeness (QED) is 0.895. The summed E-state index contributed by atoms with van der Waals surface area (Å²) < 4.78 is 23.1. The zero-order chi connectivity index (χ0) is 12.3. The Morgan fingerprint density at radius 3 is 2.65 bits per heavy atom. The molecule has 0 bridgehead atoms. The molecule has 4 heteroatoms. The van der Waals surface area contributed by atoms with Gasteiger partial charge in [-0.05, 0) is 25.3 Å². The van der Waals surface area contributed by atoms with Crippen LogP contribution in [0.1, 0.15) is 31.4 Å². The molecule has 1 aromatic rings. The van der Waals surface area contributed by atoms with E-state index in [-0.39, 0.29) is 17.8 Å². The van der Waals surface area contributed by atoms with Crippen LogP contribution < -0.4 is 5.32 Å². The average molecular weight is 253 g/mol. The van der Waals surface area contributed by atoms with Gasteiger partial charge in [-0.3, -0.25) is 0 Å². The second-order valence-corrected chi connectivity index (χ2v) is 6.98. The van der Waals surface area contributed by atoms with Crippen molar-refractivity contribution in [1.29, 1.82) is 0 Å². The molecule has 1 fully saturated rings. The van der Waals surface area contributed by atoms with Gasteiger partial charge in [-0.2, -0.15) is 0 Å². The van der Waals surface area contributed by atoms with Gasteiger partial charge in [0.25, 0.3) is 0 Å². The number of hydrogen-bond donors (Lipinski definition) is 1. The number of rotatable bonds is 3. The van der Waals surface area contributed by atoms with Crippen LogP contribution in [0.4, 0.5) is 0 Å². The van der Waals surface area contributed by atoms with E-state index in [1.807, 2.05) is 18.2 Å². The Bertz CT molecular complexity index is 456. The molecule has 1 N–H and O–H groups in total. The van der Waals surface area contributed by atoms with Gasteiger partial charge in [0, 0.05) is 12.1 Å². The van der Waals surface area contributed by atoms with Crippen molar-refractivity contribution in [1.82, 2.24) is 5.32 Å². The SMILES string of the molecule is C[C@H](NC1CCCS(=O)(=O)C1)c1ccccc1. The van der Waals surface area contributed by atoms with Gasteiger partial charge < -0.3 is 5.32 Å². The maximum atomic E-state index is 11.5. The van der Waals surface area contributed by atoms with Gasteiger partial charge in [-0.1, -0.05) is 30.3 Å². The number of hydrogen-bond acceptors (Lipinski definition) is 3. The highest BCUT2D eigenvalue weighted by atomic mass is 32.2. The lowest BCUT2D eigenvalue weighted by Gasteiger charge is -2.26. The van der Waals surface area contributed by atoms with Crippen LogP contribution in [-0.2, 0) is 9.84 Å². The molecule has 2 rings (SSSR count). The summed E-state index contributed by atoms with van der Waals surface area (Å²) >= 11 is 0. The lowest BCUT2D eigenvalue weighted by atomic mass is 10.1. The summed E-state index contributed by atoms with van der Waals surface area (Å²) in [6, 6.07) is 10.4. The van der Waals surface area contributed by atoms with E-state index in [9.17, 15) is 8.42 Å². The Morgan fingerprint density at radius 2 is 2.00 bits per heavy atom. The van der Waals surface area contributed by atoms with Crippen LogP contribution in [0.3, 0.4) is 0 Å². The normalized spacial score (nSPS) is 25.4. The molecule has 17 heavy (non-hydrogen) atoms. The van der Waals surface area contributed by atoms with Gasteiger partial charge in [0.1, 0.15) is 0 Å². The van der Waals surface area contributed by atoms with Gasteiger partial charge in [0.05, 0.1) is 11.5 Å². The van der Waals surface area contributed by atoms with Crippen LogP contribution >= 0.6 is 0 Å². The second-order valence-electron chi connectivity index (χ2n) is 4.75. The number of benzene rings is 1. The molecule has 3 nitrogen and oxygen atoms in total. The van der Waals surface area contributed by atoms with Crippen LogP contribution in [0.25, 0.3) is 0 Å². The molecule has 0 amide bonds. The highest BCUT2D eigenvalue weighted by Gasteiger charge is 2.25. The summed E-state index contributed by atoms with van der Waals surface area (Å²) in [5.74, 6) is 0.634. The standard InChI is InChI=1S/C13H19NO2S/c1-11(12-6-3-2-4-7-12)14-13-8-5-9-17(15,16)10-13/h2-4,6-7,11,13-14H,5,8-10H2,1H3/t11-,13?/m0/s1. The lowest BCUT2D eigenvalue weighted by Crippen LogP contribution is -2.41. The van der Waals surface area contributed by atoms with E-state index in [0.717, 1.165) is 12.8 Å². The molecular formula is C13H19NO2S. The Labute approximate surface area is 103 Å². The summed E-state index contributed by atoms with van der Waals surface area (Å²) in [6.07, 6.45) is 1.73. The predicted octanol–water partition coefficient (Wildman–Crippen LogP) is 1.91. The minimum absolute atomic E-state index is 0.101. The van der Waals surface area contributed by atoms with E-state index in [4.69, 9.17) is 0 Å². The first-order chi connectivity index (χ1) is 8.07. The summed E-state index contributed by atoms with van der Waals surface area (Å²) in [4.78, 5) is 0. The van der Waals surface area contributed by atoms with Crippen molar-refractivity contribution in [3.05, 3.63) is 35.9 Å². The van der Waals surface area contributed by atoms with Crippen molar-refractivity contribution in [3.63, 3.8) is 0 Å². The third-order valence-corrected chi connectivity index (χ3v) is 5.07. The topological polar surface area (TPSA) is 46.2 Å². The summed E-state index contributed by atoms with van der Waals surface area (Å²) in [7, 11) is -2.82. The molecule has 1 heterocycles. The lowest BCUT2D eigenvalue weighted by molar-refractivity contribution is 0.437. The minimum Gasteiger partial charge on any atom is -0.306 e. The van der Waals surface area contributed by atoms with Gasteiger partial charge in [0.2, 0.25) is 0 Å². The molecule has 2 atom stereocenters. The van der Waals surface area contributed by atoms with Gasteiger partial charge in [0.15, 0.2) is 9.84 Å². The molecular weight excluding hydrogens is 234 g/mol. The number of nitrogens with one attached hydrogen (secondary N) is 1. The van der Waals surface area contributed by atoms with E-state index in [1.165, 1.54) is 5.56 Å². The van der Waals surface area contributed by atoms with Crippen molar-refractivity contribution < 1.29 is 8.42 Å². The zero-order valence-electron chi connectivity index (χ0n) is 10.1. The monoisotopic (exact) mass is 253 g/mol. The average Bonchev–Trinajstić information content (AvgIpc) is 2.29. The molecule has 0 radical (unpaired) electrons. The molecule has 0 saturated carbocycles. The van der Waals surface area contributed by atoms with Crippen LogP contribution in [0, 0.1) is 0 Å².